The van der Waals surface area contributed by atoms with Gasteiger partial charge in [-0.25, -0.2) is 0 Å². The summed E-state index contributed by atoms with van der Waals surface area (Å²) in [4.78, 5) is 4.77. The van der Waals surface area contributed by atoms with Crippen molar-refractivity contribution in [2.45, 2.75) is 39.2 Å². The number of aliphatic imine (C=N–C) groups is 1. The molecule has 1 N–H and O–H groups in total. The smallest absolute Gasteiger partial charge is 0.156 e. The second-order valence-electron chi connectivity index (χ2n) is 5.59. The second kappa shape index (κ2) is 5.61. The minimum Gasteiger partial charge on any atom is -0.385 e. The standard InChI is InChI=1S/C13H24N2OS/c1-10-8-17-12(15-11(10)2)14-9-13(4-5-13)6-7-16-3/h10-11H,4-9H2,1-3H3,(H,14,15). The van der Waals surface area contributed by atoms with Crippen LogP contribution < -0.4 is 5.32 Å². The summed E-state index contributed by atoms with van der Waals surface area (Å²) in [6.07, 6.45) is 3.81. The number of hydrogen-bond donors (Lipinski definition) is 1. The Bertz CT molecular complexity index is 289. The van der Waals surface area contributed by atoms with Crippen LogP contribution in [0.25, 0.3) is 0 Å². The van der Waals surface area contributed by atoms with Crippen LogP contribution in [-0.4, -0.2) is 37.2 Å². The zero-order chi connectivity index (χ0) is 12.3. The summed E-state index contributed by atoms with van der Waals surface area (Å²) in [6.45, 7) is 6.39. The molecule has 2 aliphatic rings. The van der Waals surface area contributed by atoms with E-state index < -0.39 is 0 Å². The summed E-state index contributed by atoms with van der Waals surface area (Å²) in [5.74, 6) is 1.93. The molecule has 1 saturated carbocycles. The van der Waals surface area contributed by atoms with Gasteiger partial charge >= 0.3 is 0 Å². The van der Waals surface area contributed by atoms with Crippen LogP contribution in [0.3, 0.4) is 0 Å². The van der Waals surface area contributed by atoms with Crippen molar-refractivity contribution in [3.63, 3.8) is 0 Å². The summed E-state index contributed by atoms with van der Waals surface area (Å²) in [5, 5.41) is 4.66. The molecular formula is C13H24N2OS. The van der Waals surface area contributed by atoms with Gasteiger partial charge in [-0.3, -0.25) is 4.99 Å². The quantitative estimate of drug-likeness (QED) is 0.820. The first-order valence-corrected chi connectivity index (χ1v) is 7.56. The van der Waals surface area contributed by atoms with Gasteiger partial charge in [0, 0.05) is 32.1 Å². The summed E-state index contributed by atoms with van der Waals surface area (Å²) in [7, 11) is 1.78. The van der Waals surface area contributed by atoms with E-state index >= 15 is 0 Å². The molecule has 98 valence electrons. The van der Waals surface area contributed by atoms with Crippen LogP contribution in [-0.2, 0) is 4.74 Å². The van der Waals surface area contributed by atoms with Gasteiger partial charge in [0.1, 0.15) is 0 Å². The highest BCUT2D eigenvalue weighted by Gasteiger charge is 2.42. The first-order valence-electron chi connectivity index (χ1n) is 6.58. The topological polar surface area (TPSA) is 33.6 Å². The molecule has 0 amide bonds. The third kappa shape index (κ3) is 3.62. The summed E-state index contributed by atoms with van der Waals surface area (Å²) < 4.78 is 5.17. The van der Waals surface area contributed by atoms with E-state index in [1.54, 1.807) is 7.11 Å². The number of rotatable bonds is 5. The van der Waals surface area contributed by atoms with E-state index in [1.807, 2.05) is 11.8 Å². The zero-order valence-corrected chi connectivity index (χ0v) is 12.0. The molecule has 0 spiro atoms. The normalized spacial score (nSPS) is 33.5. The fourth-order valence-electron chi connectivity index (χ4n) is 2.05. The number of thioether (sulfide) groups is 1. The molecule has 0 aromatic rings. The summed E-state index contributed by atoms with van der Waals surface area (Å²) in [6, 6.07) is 0.559. The van der Waals surface area contributed by atoms with E-state index in [9.17, 15) is 0 Å². The Labute approximate surface area is 109 Å². The Kier molecular flexibility index (Phi) is 4.36. The monoisotopic (exact) mass is 256 g/mol. The van der Waals surface area contributed by atoms with Crippen LogP contribution in [0.1, 0.15) is 33.1 Å². The lowest BCUT2D eigenvalue weighted by Crippen LogP contribution is -2.41. The lowest BCUT2D eigenvalue weighted by Gasteiger charge is -2.28. The molecule has 0 aromatic carbocycles. The average molecular weight is 256 g/mol. The van der Waals surface area contributed by atoms with Gasteiger partial charge in [0.25, 0.3) is 0 Å². The Balaban J connectivity index is 1.80. The van der Waals surface area contributed by atoms with E-state index in [2.05, 4.69) is 19.2 Å². The molecule has 2 atom stereocenters. The third-order valence-electron chi connectivity index (χ3n) is 4.04. The SMILES string of the molecule is COCCC1(CN=C2NC(C)C(C)CS2)CC1. The van der Waals surface area contributed by atoms with Crippen LogP contribution in [0.2, 0.25) is 0 Å². The fourth-order valence-corrected chi connectivity index (χ4v) is 3.18. The van der Waals surface area contributed by atoms with Gasteiger partial charge in [0.2, 0.25) is 0 Å². The van der Waals surface area contributed by atoms with Crippen LogP contribution in [0.5, 0.6) is 0 Å². The number of amidine groups is 1. The van der Waals surface area contributed by atoms with Crippen LogP contribution >= 0.6 is 11.8 Å². The number of nitrogens with zero attached hydrogens (tertiary/aromatic N) is 1. The molecule has 1 aliphatic carbocycles. The van der Waals surface area contributed by atoms with Crippen molar-refractivity contribution in [2.24, 2.45) is 16.3 Å². The molecule has 2 unspecified atom stereocenters. The maximum atomic E-state index is 5.17. The molecule has 2 rings (SSSR count). The molecule has 1 saturated heterocycles. The van der Waals surface area contributed by atoms with Crippen molar-refractivity contribution in [2.75, 3.05) is 26.0 Å². The highest BCUT2D eigenvalue weighted by Crippen LogP contribution is 2.49. The molecule has 17 heavy (non-hydrogen) atoms. The van der Waals surface area contributed by atoms with Crippen LogP contribution in [0, 0.1) is 11.3 Å². The summed E-state index contributed by atoms with van der Waals surface area (Å²) in [5.41, 5.74) is 0.470. The van der Waals surface area contributed by atoms with Gasteiger partial charge < -0.3 is 10.1 Å². The van der Waals surface area contributed by atoms with Gasteiger partial charge in [-0.2, -0.15) is 0 Å². The largest absolute Gasteiger partial charge is 0.385 e. The fraction of sp³-hybridized carbons (Fsp3) is 0.923. The highest BCUT2D eigenvalue weighted by molar-refractivity contribution is 8.13. The Morgan fingerprint density at radius 2 is 2.24 bits per heavy atom. The van der Waals surface area contributed by atoms with Crippen molar-refractivity contribution in [3.05, 3.63) is 0 Å². The van der Waals surface area contributed by atoms with Gasteiger partial charge in [-0.1, -0.05) is 18.7 Å². The molecule has 0 aromatic heterocycles. The van der Waals surface area contributed by atoms with Gasteiger partial charge in [-0.05, 0) is 37.5 Å². The lowest BCUT2D eigenvalue weighted by molar-refractivity contribution is 0.174. The van der Waals surface area contributed by atoms with Crippen LogP contribution in [0.4, 0.5) is 0 Å². The molecule has 1 heterocycles. The molecule has 2 fully saturated rings. The molecule has 0 bridgehead atoms. The minimum absolute atomic E-state index is 0.470. The van der Waals surface area contributed by atoms with Crippen molar-refractivity contribution in [1.29, 1.82) is 0 Å². The van der Waals surface area contributed by atoms with E-state index in [1.165, 1.54) is 18.6 Å². The minimum atomic E-state index is 0.470. The number of hydrogen-bond acceptors (Lipinski definition) is 3. The Morgan fingerprint density at radius 1 is 1.47 bits per heavy atom. The zero-order valence-electron chi connectivity index (χ0n) is 11.2. The van der Waals surface area contributed by atoms with E-state index in [-0.39, 0.29) is 0 Å². The molecular weight excluding hydrogens is 232 g/mol. The van der Waals surface area contributed by atoms with Crippen molar-refractivity contribution >= 4 is 16.9 Å². The number of ether oxygens (including phenoxy) is 1. The number of methoxy groups -OCH3 is 1. The number of nitrogens with one attached hydrogen (secondary N) is 1. The van der Waals surface area contributed by atoms with Gasteiger partial charge in [-0.15, -0.1) is 0 Å². The highest BCUT2D eigenvalue weighted by atomic mass is 32.2. The van der Waals surface area contributed by atoms with Gasteiger partial charge in [0.15, 0.2) is 5.17 Å². The molecule has 1 aliphatic heterocycles. The van der Waals surface area contributed by atoms with Crippen molar-refractivity contribution < 1.29 is 4.74 Å². The van der Waals surface area contributed by atoms with E-state index in [0.717, 1.165) is 30.7 Å². The van der Waals surface area contributed by atoms with Crippen molar-refractivity contribution in [1.82, 2.24) is 5.32 Å². The maximum Gasteiger partial charge on any atom is 0.156 e. The molecule has 3 nitrogen and oxygen atoms in total. The average Bonchev–Trinajstić information content (AvgIpc) is 3.09. The van der Waals surface area contributed by atoms with Crippen LogP contribution in [0.15, 0.2) is 4.99 Å². The van der Waals surface area contributed by atoms with Gasteiger partial charge in [0.05, 0.1) is 0 Å². The summed E-state index contributed by atoms with van der Waals surface area (Å²) >= 11 is 1.87. The molecule has 4 heteroatoms. The maximum absolute atomic E-state index is 5.17. The lowest BCUT2D eigenvalue weighted by atomic mass is 10.0. The first-order chi connectivity index (χ1) is 8.15. The first kappa shape index (κ1) is 13.2. The van der Waals surface area contributed by atoms with Crippen molar-refractivity contribution in [3.8, 4) is 0 Å². The molecule has 0 radical (unpaired) electrons. The van der Waals surface area contributed by atoms with E-state index in [0.29, 0.717) is 11.5 Å². The Morgan fingerprint density at radius 3 is 2.82 bits per heavy atom. The third-order valence-corrected chi connectivity index (χ3v) is 5.25. The predicted molar refractivity (Wildman–Crippen MR) is 74.7 cm³/mol. The predicted octanol–water partition coefficient (Wildman–Crippen LogP) is 2.52. The second-order valence-corrected chi connectivity index (χ2v) is 6.59. The van der Waals surface area contributed by atoms with E-state index in [4.69, 9.17) is 9.73 Å². The Hall–Kier alpha value is -0.220.